The standard InChI is InChI=1S/C11H21N3/c1-4-13-7-8-14(10(2)3)11(9-13)5-6-12/h10-11H,4-5,7-9H2,1-3H3. The van der Waals surface area contributed by atoms with Crippen molar-refractivity contribution in [3.05, 3.63) is 0 Å². The van der Waals surface area contributed by atoms with Crippen LogP contribution in [0.1, 0.15) is 27.2 Å². The highest BCUT2D eigenvalue weighted by Crippen LogP contribution is 2.15. The number of hydrogen-bond acceptors (Lipinski definition) is 3. The van der Waals surface area contributed by atoms with Crippen LogP contribution in [-0.4, -0.2) is 48.1 Å². The second-order valence-corrected chi connectivity index (χ2v) is 4.24. The van der Waals surface area contributed by atoms with Gasteiger partial charge in [-0.2, -0.15) is 5.26 Å². The van der Waals surface area contributed by atoms with E-state index in [4.69, 9.17) is 5.26 Å². The fourth-order valence-electron chi connectivity index (χ4n) is 2.19. The van der Waals surface area contributed by atoms with Crippen LogP contribution in [0.15, 0.2) is 0 Å². The van der Waals surface area contributed by atoms with Crippen molar-refractivity contribution in [1.29, 1.82) is 5.26 Å². The van der Waals surface area contributed by atoms with Gasteiger partial charge in [-0.3, -0.25) is 4.90 Å². The van der Waals surface area contributed by atoms with E-state index in [1.807, 2.05) is 0 Å². The van der Waals surface area contributed by atoms with Crippen molar-refractivity contribution in [3.63, 3.8) is 0 Å². The second kappa shape index (κ2) is 5.33. The van der Waals surface area contributed by atoms with Crippen molar-refractivity contribution in [1.82, 2.24) is 9.80 Å². The molecule has 1 aliphatic heterocycles. The Balaban J connectivity index is 2.56. The SMILES string of the molecule is CCN1CCN(C(C)C)C(CC#N)C1. The molecule has 0 bridgehead atoms. The molecule has 1 heterocycles. The summed E-state index contributed by atoms with van der Waals surface area (Å²) in [6, 6.07) is 3.30. The average Bonchev–Trinajstić information content (AvgIpc) is 2.17. The van der Waals surface area contributed by atoms with Crippen LogP contribution in [-0.2, 0) is 0 Å². The van der Waals surface area contributed by atoms with Crippen molar-refractivity contribution >= 4 is 0 Å². The zero-order chi connectivity index (χ0) is 10.6. The lowest BCUT2D eigenvalue weighted by Crippen LogP contribution is -2.55. The van der Waals surface area contributed by atoms with Crippen LogP contribution in [0, 0.1) is 11.3 Å². The topological polar surface area (TPSA) is 30.3 Å². The molecule has 3 nitrogen and oxygen atoms in total. The minimum Gasteiger partial charge on any atom is -0.301 e. The molecule has 0 N–H and O–H groups in total. The van der Waals surface area contributed by atoms with Gasteiger partial charge in [0.25, 0.3) is 0 Å². The fraction of sp³-hybridized carbons (Fsp3) is 0.909. The van der Waals surface area contributed by atoms with Crippen LogP contribution in [0.2, 0.25) is 0 Å². The van der Waals surface area contributed by atoms with Crippen LogP contribution < -0.4 is 0 Å². The Bertz CT molecular complexity index is 207. The van der Waals surface area contributed by atoms with Gasteiger partial charge >= 0.3 is 0 Å². The summed E-state index contributed by atoms with van der Waals surface area (Å²) in [5.41, 5.74) is 0. The van der Waals surface area contributed by atoms with Crippen molar-refractivity contribution in [3.8, 4) is 6.07 Å². The van der Waals surface area contributed by atoms with Gasteiger partial charge in [0.05, 0.1) is 12.5 Å². The van der Waals surface area contributed by atoms with Gasteiger partial charge < -0.3 is 4.90 Å². The molecule has 0 spiro atoms. The number of piperazine rings is 1. The Hall–Kier alpha value is -0.590. The third-order valence-corrected chi connectivity index (χ3v) is 3.05. The maximum atomic E-state index is 8.78. The van der Waals surface area contributed by atoms with E-state index in [1.165, 1.54) is 0 Å². The van der Waals surface area contributed by atoms with Gasteiger partial charge in [0.15, 0.2) is 0 Å². The first-order chi connectivity index (χ1) is 6.69. The van der Waals surface area contributed by atoms with Gasteiger partial charge in [0.1, 0.15) is 0 Å². The molecule has 0 saturated carbocycles. The van der Waals surface area contributed by atoms with Crippen LogP contribution in [0.3, 0.4) is 0 Å². The van der Waals surface area contributed by atoms with E-state index in [9.17, 15) is 0 Å². The summed E-state index contributed by atoms with van der Waals surface area (Å²) in [5.74, 6) is 0. The molecule has 0 aromatic heterocycles. The molecular formula is C11H21N3. The Morgan fingerprint density at radius 3 is 2.64 bits per heavy atom. The van der Waals surface area contributed by atoms with Crippen molar-refractivity contribution in [2.24, 2.45) is 0 Å². The quantitative estimate of drug-likeness (QED) is 0.680. The normalized spacial score (nSPS) is 25.2. The predicted molar refractivity (Wildman–Crippen MR) is 58.0 cm³/mol. The monoisotopic (exact) mass is 195 g/mol. The molecule has 0 aromatic carbocycles. The van der Waals surface area contributed by atoms with Gasteiger partial charge in [0, 0.05) is 31.7 Å². The Morgan fingerprint density at radius 2 is 2.14 bits per heavy atom. The molecule has 14 heavy (non-hydrogen) atoms. The molecule has 0 aromatic rings. The lowest BCUT2D eigenvalue weighted by molar-refractivity contribution is 0.0563. The maximum absolute atomic E-state index is 8.78. The van der Waals surface area contributed by atoms with E-state index in [2.05, 4.69) is 36.6 Å². The predicted octanol–water partition coefficient (Wildman–Crippen LogP) is 1.31. The highest BCUT2D eigenvalue weighted by molar-refractivity contribution is 4.89. The van der Waals surface area contributed by atoms with Gasteiger partial charge in [-0.05, 0) is 20.4 Å². The summed E-state index contributed by atoms with van der Waals surface area (Å²) in [7, 11) is 0. The maximum Gasteiger partial charge on any atom is 0.0638 e. The number of hydrogen-bond donors (Lipinski definition) is 0. The molecule has 1 saturated heterocycles. The van der Waals surface area contributed by atoms with Gasteiger partial charge in [0.2, 0.25) is 0 Å². The van der Waals surface area contributed by atoms with Crippen molar-refractivity contribution in [2.75, 3.05) is 26.2 Å². The first kappa shape index (κ1) is 11.5. The van der Waals surface area contributed by atoms with E-state index >= 15 is 0 Å². The van der Waals surface area contributed by atoms with Crippen LogP contribution >= 0.6 is 0 Å². The molecule has 0 amide bonds. The van der Waals surface area contributed by atoms with Crippen LogP contribution in [0.25, 0.3) is 0 Å². The minimum atomic E-state index is 0.439. The smallest absolute Gasteiger partial charge is 0.0638 e. The van der Waals surface area contributed by atoms with E-state index in [0.717, 1.165) is 26.2 Å². The molecular weight excluding hydrogens is 174 g/mol. The van der Waals surface area contributed by atoms with Gasteiger partial charge in [-0.25, -0.2) is 0 Å². The minimum absolute atomic E-state index is 0.439. The molecule has 0 radical (unpaired) electrons. The zero-order valence-corrected chi connectivity index (χ0v) is 9.53. The van der Waals surface area contributed by atoms with E-state index in [1.54, 1.807) is 0 Å². The van der Waals surface area contributed by atoms with Crippen molar-refractivity contribution in [2.45, 2.75) is 39.3 Å². The third kappa shape index (κ3) is 2.70. The van der Waals surface area contributed by atoms with E-state index in [-0.39, 0.29) is 0 Å². The first-order valence-corrected chi connectivity index (χ1v) is 5.54. The van der Waals surface area contributed by atoms with E-state index < -0.39 is 0 Å². The van der Waals surface area contributed by atoms with E-state index in [0.29, 0.717) is 18.5 Å². The first-order valence-electron chi connectivity index (χ1n) is 5.54. The fourth-order valence-corrected chi connectivity index (χ4v) is 2.19. The number of likely N-dealkylation sites (N-methyl/N-ethyl adjacent to an activating group) is 1. The molecule has 1 rings (SSSR count). The highest BCUT2D eigenvalue weighted by atomic mass is 15.3. The zero-order valence-electron chi connectivity index (χ0n) is 9.53. The Morgan fingerprint density at radius 1 is 1.43 bits per heavy atom. The summed E-state index contributed by atoms with van der Waals surface area (Å²) >= 11 is 0. The molecule has 1 atom stereocenters. The number of nitriles is 1. The second-order valence-electron chi connectivity index (χ2n) is 4.24. The average molecular weight is 195 g/mol. The van der Waals surface area contributed by atoms with Crippen LogP contribution in [0.4, 0.5) is 0 Å². The molecule has 3 heteroatoms. The molecule has 1 unspecified atom stereocenters. The lowest BCUT2D eigenvalue weighted by Gasteiger charge is -2.42. The van der Waals surface area contributed by atoms with Crippen molar-refractivity contribution < 1.29 is 0 Å². The number of nitrogens with zero attached hydrogens (tertiary/aromatic N) is 3. The summed E-state index contributed by atoms with van der Waals surface area (Å²) in [6.45, 7) is 11.0. The van der Waals surface area contributed by atoms with Crippen LogP contribution in [0.5, 0.6) is 0 Å². The summed E-state index contributed by atoms with van der Waals surface area (Å²) < 4.78 is 0. The summed E-state index contributed by atoms with van der Waals surface area (Å²) in [5, 5.41) is 8.78. The summed E-state index contributed by atoms with van der Waals surface area (Å²) in [4.78, 5) is 4.89. The largest absolute Gasteiger partial charge is 0.301 e. The molecule has 1 aliphatic rings. The highest BCUT2D eigenvalue weighted by Gasteiger charge is 2.27. The molecule has 80 valence electrons. The third-order valence-electron chi connectivity index (χ3n) is 3.05. The number of rotatable bonds is 3. The summed E-state index contributed by atoms with van der Waals surface area (Å²) in [6.07, 6.45) is 0.661. The lowest BCUT2D eigenvalue weighted by atomic mass is 10.1. The Kier molecular flexibility index (Phi) is 4.37. The van der Waals surface area contributed by atoms with Gasteiger partial charge in [-0.1, -0.05) is 6.92 Å². The van der Waals surface area contributed by atoms with Gasteiger partial charge in [-0.15, -0.1) is 0 Å². The Labute approximate surface area is 87.3 Å². The molecule has 0 aliphatic carbocycles. The molecule has 1 fully saturated rings.